The van der Waals surface area contributed by atoms with Crippen LogP contribution in [-0.2, 0) is 32.1 Å². The van der Waals surface area contributed by atoms with Crippen LogP contribution < -0.4 is 5.32 Å². The Morgan fingerprint density at radius 2 is 2.03 bits per heavy atom. The number of carbonyl (C=O) groups is 3. The van der Waals surface area contributed by atoms with Crippen LogP contribution in [-0.4, -0.2) is 47.4 Å². The van der Waals surface area contributed by atoms with Gasteiger partial charge in [0, 0.05) is 22.4 Å². The summed E-state index contributed by atoms with van der Waals surface area (Å²) in [5.41, 5.74) is 1.10. The van der Waals surface area contributed by atoms with E-state index in [4.69, 9.17) is 4.74 Å². The molecule has 0 saturated heterocycles. The van der Waals surface area contributed by atoms with Gasteiger partial charge in [0.25, 0.3) is 5.91 Å². The summed E-state index contributed by atoms with van der Waals surface area (Å²) in [7, 11) is 0. The lowest BCUT2D eigenvalue weighted by Crippen LogP contribution is -2.42. The molecule has 3 rings (SSSR count). The fraction of sp³-hybridized carbons (Fsp3) is 0.273. The topological polar surface area (TPSA) is 88.6 Å². The standard InChI is InChI=1S/C22H22FN3O4S2/c1-2-26(12-19(27)24-11-18-7-4-8-31-18)20(28)13-30-21(29)10-17-14-32-22(25-17)15-5-3-6-16(23)9-15/h3-9,14H,2,10-13H2,1H3,(H,24,27). The summed E-state index contributed by atoms with van der Waals surface area (Å²) in [6.45, 7) is 1.90. The molecule has 2 heterocycles. The van der Waals surface area contributed by atoms with Crippen LogP contribution in [0.5, 0.6) is 0 Å². The Labute approximate surface area is 192 Å². The molecule has 0 atom stereocenters. The maximum absolute atomic E-state index is 13.4. The maximum Gasteiger partial charge on any atom is 0.312 e. The van der Waals surface area contributed by atoms with E-state index in [1.54, 1.807) is 24.4 Å². The molecule has 7 nitrogen and oxygen atoms in total. The first-order chi connectivity index (χ1) is 15.4. The second-order valence-corrected chi connectivity index (χ2v) is 8.65. The van der Waals surface area contributed by atoms with E-state index in [9.17, 15) is 18.8 Å². The summed E-state index contributed by atoms with van der Waals surface area (Å²) in [6, 6.07) is 9.86. The highest BCUT2D eigenvalue weighted by molar-refractivity contribution is 7.13. The molecule has 0 aliphatic carbocycles. The Balaban J connectivity index is 1.44. The third kappa shape index (κ3) is 6.96. The lowest BCUT2D eigenvalue weighted by molar-refractivity contribution is -0.152. The van der Waals surface area contributed by atoms with E-state index < -0.39 is 18.5 Å². The summed E-state index contributed by atoms with van der Waals surface area (Å²) in [6.07, 6.45) is -0.105. The fourth-order valence-electron chi connectivity index (χ4n) is 2.78. The number of likely N-dealkylation sites (N-methyl/N-ethyl adjacent to an activating group) is 1. The van der Waals surface area contributed by atoms with Crippen LogP contribution in [0.2, 0.25) is 0 Å². The van der Waals surface area contributed by atoms with Crippen LogP contribution >= 0.6 is 22.7 Å². The van der Waals surface area contributed by atoms with E-state index in [0.717, 1.165) is 4.88 Å². The fourth-order valence-corrected chi connectivity index (χ4v) is 4.24. The normalized spacial score (nSPS) is 10.6. The van der Waals surface area contributed by atoms with Gasteiger partial charge in [-0.25, -0.2) is 9.37 Å². The van der Waals surface area contributed by atoms with Crippen molar-refractivity contribution in [1.29, 1.82) is 0 Å². The average Bonchev–Trinajstić information content (AvgIpc) is 3.46. The van der Waals surface area contributed by atoms with Gasteiger partial charge in [0.15, 0.2) is 6.61 Å². The van der Waals surface area contributed by atoms with Crippen LogP contribution in [0, 0.1) is 5.82 Å². The highest BCUT2D eigenvalue weighted by Crippen LogP contribution is 2.24. The third-order valence-electron chi connectivity index (χ3n) is 4.41. The molecule has 0 aliphatic rings. The molecule has 0 saturated carbocycles. The number of thiophene rings is 1. The SMILES string of the molecule is CCN(CC(=O)NCc1cccs1)C(=O)COC(=O)Cc1csc(-c2cccc(F)c2)n1. The molecule has 0 aliphatic heterocycles. The van der Waals surface area contributed by atoms with Crippen LogP contribution in [0.3, 0.4) is 0 Å². The zero-order valence-corrected chi connectivity index (χ0v) is 19.0. The van der Waals surface area contributed by atoms with Crippen molar-refractivity contribution in [3.8, 4) is 10.6 Å². The number of benzene rings is 1. The summed E-state index contributed by atoms with van der Waals surface area (Å²) in [5, 5.41) is 6.97. The lowest BCUT2D eigenvalue weighted by Gasteiger charge is -2.20. The number of amides is 2. The largest absolute Gasteiger partial charge is 0.455 e. The third-order valence-corrected chi connectivity index (χ3v) is 6.23. The van der Waals surface area contributed by atoms with Gasteiger partial charge in [-0.15, -0.1) is 22.7 Å². The number of aromatic nitrogens is 1. The van der Waals surface area contributed by atoms with Crippen molar-refractivity contribution in [2.45, 2.75) is 19.9 Å². The van der Waals surface area contributed by atoms with Crippen molar-refractivity contribution in [1.82, 2.24) is 15.2 Å². The van der Waals surface area contributed by atoms with E-state index in [1.807, 2.05) is 17.5 Å². The molecule has 0 spiro atoms. The van der Waals surface area contributed by atoms with Gasteiger partial charge in [0.2, 0.25) is 5.91 Å². The second kappa shape index (κ2) is 11.5. The van der Waals surface area contributed by atoms with Crippen molar-refractivity contribution < 1.29 is 23.5 Å². The van der Waals surface area contributed by atoms with E-state index in [1.165, 1.54) is 39.7 Å². The summed E-state index contributed by atoms with van der Waals surface area (Å²) >= 11 is 2.83. The first kappa shape index (κ1) is 23.6. The molecule has 32 heavy (non-hydrogen) atoms. The first-order valence-corrected chi connectivity index (χ1v) is 11.6. The molecular formula is C22H22FN3O4S2. The van der Waals surface area contributed by atoms with E-state index >= 15 is 0 Å². The number of nitrogens with zero attached hydrogens (tertiary/aromatic N) is 2. The van der Waals surface area contributed by atoms with Crippen molar-refractivity contribution in [3.05, 3.63) is 63.5 Å². The van der Waals surface area contributed by atoms with Gasteiger partial charge < -0.3 is 15.0 Å². The van der Waals surface area contributed by atoms with Gasteiger partial charge in [-0.2, -0.15) is 0 Å². The smallest absolute Gasteiger partial charge is 0.312 e. The number of hydrogen-bond donors (Lipinski definition) is 1. The molecule has 1 N–H and O–H groups in total. The predicted molar refractivity (Wildman–Crippen MR) is 121 cm³/mol. The summed E-state index contributed by atoms with van der Waals surface area (Å²) in [4.78, 5) is 43.2. The number of esters is 1. The highest BCUT2D eigenvalue weighted by Gasteiger charge is 2.18. The van der Waals surface area contributed by atoms with Crippen LogP contribution in [0.4, 0.5) is 4.39 Å². The Bertz CT molecular complexity index is 1070. The van der Waals surface area contributed by atoms with E-state index in [0.29, 0.717) is 29.4 Å². The second-order valence-electron chi connectivity index (χ2n) is 6.76. The molecule has 0 unspecified atom stereocenters. The van der Waals surface area contributed by atoms with E-state index in [-0.39, 0.29) is 24.7 Å². The maximum atomic E-state index is 13.4. The van der Waals surface area contributed by atoms with E-state index in [2.05, 4.69) is 10.3 Å². The van der Waals surface area contributed by atoms with Crippen LogP contribution in [0.15, 0.2) is 47.2 Å². The van der Waals surface area contributed by atoms with Gasteiger partial charge in [0.1, 0.15) is 10.8 Å². The Morgan fingerprint density at radius 1 is 1.19 bits per heavy atom. The summed E-state index contributed by atoms with van der Waals surface area (Å²) < 4.78 is 18.4. The van der Waals surface area contributed by atoms with Crippen molar-refractivity contribution in [2.75, 3.05) is 19.7 Å². The molecule has 1 aromatic carbocycles. The van der Waals surface area contributed by atoms with Crippen molar-refractivity contribution >= 4 is 40.5 Å². The number of carbonyl (C=O) groups excluding carboxylic acids is 3. The first-order valence-electron chi connectivity index (χ1n) is 9.87. The Morgan fingerprint density at radius 3 is 2.75 bits per heavy atom. The minimum Gasteiger partial charge on any atom is -0.455 e. The van der Waals surface area contributed by atoms with Gasteiger partial charge in [0.05, 0.1) is 25.2 Å². The lowest BCUT2D eigenvalue weighted by atomic mass is 10.2. The molecule has 0 radical (unpaired) electrons. The van der Waals surface area contributed by atoms with Gasteiger partial charge >= 0.3 is 5.97 Å². The molecule has 0 fully saturated rings. The zero-order valence-electron chi connectivity index (χ0n) is 17.4. The minimum absolute atomic E-state index is 0.105. The number of nitrogens with one attached hydrogen (secondary N) is 1. The predicted octanol–water partition coefficient (Wildman–Crippen LogP) is 3.26. The number of rotatable bonds is 10. The molecule has 2 aromatic heterocycles. The molecule has 168 valence electrons. The monoisotopic (exact) mass is 475 g/mol. The quantitative estimate of drug-likeness (QED) is 0.455. The van der Waals surface area contributed by atoms with Crippen molar-refractivity contribution in [2.24, 2.45) is 0 Å². The molecule has 10 heteroatoms. The zero-order chi connectivity index (χ0) is 22.9. The molecule has 0 bridgehead atoms. The number of thiazole rings is 1. The molecule has 2 amide bonds. The minimum atomic E-state index is -0.604. The van der Waals surface area contributed by atoms with Crippen molar-refractivity contribution in [3.63, 3.8) is 0 Å². The molecular weight excluding hydrogens is 453 g/mol. The van der Waals surface area contributed by atoms with Crippen LogP contribution in [0.25, 0.3) is 10.6 Å². The van der Waals surface area contributed by atoms with Crippen LogP contribution in [0.1, 0.15) is 17.5 Å². The Hall–Kier alpha value is -3.11. The average molecular weight is 476 g/mol. The van der Waals surface area contributed by atoms with Gasteiger partial charge in [-0.3, -0.25) is 14.4 Å². The highest BCUT2D eigenvalue weighted by atomic mass is 32.1. The van der Waals surface area contributed by atoms with Gasteiger partial charge in [-0.1, -0.05) is 18.2 Å². The number of ether oxygens (including phenoxy) is 1. The molecule has 3 aromatic rings. The number of halogens is 1. The van der Waals surface area contributed by atoms with Gasteiger partial charge in [-0.05, 0) is 30.5 Å². The number of hydrogen-bond acceptors (Lipinski definition) is 7. The summed E-state index contributed by atoms with van der Waals surface area (Å²) in [5.74, 6) is -1.70. The Kier molecular flexibility index (Phi) is 8.46.